The Morgan fingerprint density at radius 2 is 1.75 bits per heavy atom. The van der Waals surface area contributed by atoms with Gasteiger partial charge in [-0.05, 0) is 38.8 Å². The van der Waals surface area contributed by atoms with Crippen molar-refractivity contribution >= 4 is 34.1 Å². The summed E-state index contributed by atoms with van der Waals surface area (Å²) in [7, 11) is 0. The first kappa shape index (κ1) is 25.0. The van der Waals surface area contributed by atoms with Gasteiger partial charge in [-0.3, -0.25) is 14.6 Å². The molecule has 0 aliphatic rings. The van der Waals surface area contributed by atoms with Crippen LogP contribution in [0.2, 0.25) is 0 Å². The molecule has 3 aromatic heterocycles. The number of hydrogen-bond acceptors (Lipinski definition) is 9. The third kappa shape index (κ3) is 5.40. The van der Waals surface area contributed by atoms with Gasteiger partial charge in [0.05, 0.1) is 24.1 Å². The van der Waals surface area contributed by atoms with Gasteiger partial charge in [0.15, 0.2) is 5.52 Å². The fraction of sp³-hybridized carbons (Fsp3) is 0.400. The second-order valence-electron chi connectivity index (χ2n) is 9.75. The lowest BCUT2D eigenvalue weighted by atomic mass is 10.2. The number of carbonyl (C=O) groups is 2. The van der Waals surface area contributed by atoms with Crippen LogP contribution in [-0.4, -0.2) is 53.6 Å². The summed E-state index contributed by atoms with van der Waals surface area (Å²) in [6.07, 6.45) is 2.01. The van der Waals surface area contributed by atoms with Crippen molar-refractivity contribution in [3.8, 4) is 0 Å². The van der Waals surface area contributed by atoms with Crippen LogP contribution in [0.5, 0.6) is 0 Å². The van der Waals surface area contributed by atoms with Crippen molar-refractivity contribution in [3.63, 3.8) is 0 Å². The first-order valence-electron chi connectivity index (χ1n) is 11.6. The maximum absolute atomic E-state index is 13.2. The topological polar surface area (TPSA) is 131 Å². The molecular weight excluding hydrogens is 464 g/mol. The number of rotatable bonds is 6. The number of benzene rings is 1. The van der Waals surface area contributed by atoms with Crippen LogP contribution in [0.25, 0.3) is 22.1 Å². The zero-order valence-electron chi connectivity index (χ0n) is 20.9. The Bertz CT molecular complexity index is 1500. The van der Waals surface area contributed by atoms with E-state index in [2.05, 4.69) is 20.1 Å². The van der Waals surface area contributed by atoms with Crippen LogP contribution in [-0.2, 0) is 27.2 Å². The van der Waals surface area contributed by atoms with Gasteiger partial charge in [-0.25, -0.2) is 24.0 Å². The number of imidazole rings is 1. The summed E-state index contributed by atoms with van der Waals surface area (Å²) >= 11 is 0. The van der Waals surface area contributed by atoms with E-state index < -0.39 is 23.2 Å². The highest BCUT2D eigenvalue weighted by Crippen LogP contribution is 2.20. The van der Waals surface area contributed by atoms with Gasteiger partial charge >= 0.3 is 12.1 Å². The van der Waals surface area contributed by atoms with Crippen LogP contribution in [0.1, 0.15) is 46.1 Å². The standard InChI is InChI=1S/C25H28N6O5/c1-15(2)14-35-20(32)12-17-21-22(27-11-10-26-21)23(33)30(29-17)13-19-28-16-8-6-7-9-18(16)31(19)24(34)36-25(3,4)5/h6-11,15H,12-14H2,1-5H3. The molecule has 0 aliphatic carbocycles. The molecule has 0 aliphatic heterocycles. The minimum absolute atomic E-state index is 0.0547. The predicted molar refractivity (Wildman–Crippen MR) is 132 cm³/mol. The van der Waals surface area contributed by atoms with Crippen LogP contribution >= 0.6 is 0 Å². The van der Waals surface area contributed by atoms with E-state index in [-0.39, 0.29) is 48.0 Å². The van der Waals surface area contributed by atoms with E-state index in [0.717, 1.165) is 4.68 Å². The molecular formula is C25H28N6O5. The minimum Gasteiger partial charge on any atom is -0.465 e. The molecule has 0 radical (unpaired) electrons. The van der Waals surface area contributed by atoms with Crippen molar-refractivity contribution in [1.82, 2.24) is 29.3 Å². The summed E-state index contributed by atoms with van der Waals surface area (Å²) in [6.45, 7) is 9.27. The Morgan fingerprint density at radius 1 is 1.06 bits per heavy atom. The zero-order valence-corrected chi connectivity index (χ0v) is 20.9. The van der Waals surface area contributed by atoms with Crippen molar-refractivity contribution in [2.75, 3.05) is 6.61 Å². The molecule has 36 heavy (non-hydrogen) atoms. The quantitative estimate of drug-likeness (QED) is 0.372. The fourth-order valence-electron chi connectivity index (χ4n) is 3.57. The van der Waals surface area contributed by atoms with E-state index in [1.807, 2.05) is 13.8 Å². The fourth-order valence-corrected chi connectivity index (χ4v) is 3.57. The SMILES string of the molecule is CC(C)COC(=O)Cc1nn(Cc2nc3ccccc3n2C(=O)OC(C)(C)C)c(=O)c2nccnc12. The van der Waals surface area contributed by atoms with Crippen molar-refractivity contribution in [1.29, 1.82) is 0 Å². The molecule has 4 rings (SSSR count). The molecule has 0 fully saturated rings. The van der Waals surface area contributed by atoms with Gasteiger partial charge in [-0.15, -0.1) is 0 Å². The van der Waals surface area contributed by atoms with E-state index in [1.165, 1.54) is 17.0 Å². The molecule has 0 amide bonds. The number of fused-ring (bicyclic) bond motifs is 2. The molecule has 4 aromatic rings. The Balaban J connectivity index is 1.79. The summed E-state index contributed by atoms with van der Waals surface area (Å²) in [5.41, 5.74) is 0.348. The number of hydrogen-bond donors (Lipinski definition) is 0. The molecule has 0 spiro atoms. The second-order valence-corrected chi connectivity index (χ2v) is 9.75. The van der Waals surface area contributed by atoms with E-state index in [0.29, 0.717) is 11.0 Å². The third-order valence-corrected chi connectivity index (χ3v) is 5.04. The van der Waals surface area contributed by atoms with E-state index >= 15 is 0 Å². The van der Waals surface area contributed by atoms with Crippen molar-refractivity contribution in [2.24, 2.45) is 5.92 Å². The number of nitrogens with zero attached hydrogens (tertiary/aromatic N) is 6. The highest BCUT2D eigenvalue weighted by Gasteiger charge is 2.24. The molecule has 11 heteroatoms. The number of esters is 1. The van der Waals surface area contributed by atoms with Crippen LogP contribution in [0.3, 0.4) is 0 Å². The Hall–Kier alpha value is -4.15. The highest BCUT2D eigenvalue weighted by molar-refractivity contribution is 5.87. The number of aromatic nitrogens is 6. The van der Waals surface area contributed by atoms with Gasteiger partial charge in [0.2, 0.25) is 0 Å². The molecule has 11 nitrogen and oxygen atoms in total. The summed E-state index contributed by atoms with van der Waals surface area (Å²) in [5, 5.41) is 4.40. The van der Waals surface area contributed by atoms with Crippen LogP contribution < -0.4 is 5.56 Å². The minimum atomic E-state index is -0.739. The highest BCUT2D eigenvalue weighted by atomic mass is 16.6. The number of carbonyl (C=O) groups excluding carboxylic acids is 2. The van der Waals surface area contributed by atoms with Crippen molar-refractivity contribution < 1.29 is 19.1 Å². The maximum Gasteiger partial charge on any atom is 0.420 e. The van der Waals surface area contributed by atoms with Gasteiger partial charge in [-0.2, -0.15) is 5.10 Å². The molecule has 0 bridgehead atoms. The normalized spacial score (nSPS) is 11.8. The lowest BCUT2D eigenvalue weighted by Gasteiger charge is -2.20. The van der Waals surface area contributed by atoms with E-state index in [9.17, 15) is 14.4 Å². The second kappa shape index (κ2) is 9.84. The molecule has 0 atom stereocenters. The van der Waals surface area contributed by atoms with E-state index in [4.69, 9.17) is 9.47 Å². The lowest BCUT2D eigenvalue weighted by molar-refractivity contribution is -0.143. The van der Waals surface area contributed by atoms with Crippen LogP contribution in [0.15, 0.2) is 41.5 Å². The Labute approximate surface area is 207 Å². The molecule has 0 saturated heterocycles. The molecule has 3 heterocycles. The third-order valence-electron chi connectivity index (χ3n) is 5.04. The first-order chi connectivity index (χ1) is 17.0. The lowest BCUT2D eigenvalue weighted by Crippen LogP contribution is -2.31. The van der Waals surface area contributed by atoms with Gasteiger partial charge in [0.25, 0.3) is 5.56 Å². The van der Waals surface area contributed by atoms with Gasteiger partial charge < -0.3 is 9.47 Å². The Morgan fingerprint density at radius 3 is 2.44 bits per heavy atom. The summed E-state index contributed by atoms with van der Waals surface area (Å²) in [6, 6.07) is 7.09. The number of para-hydroxylation sites is 2. The summed E-state index contributed by atoms with van der Waals surface area (Å²) < 4.78 is 13.3. The largest absolute Gasteiger partial charge is 0.465 e. The summed E-state index contributed by atoms with van der Waals surface area (Å²) in [5.74, 6) is -0.0702. The molecule has 0 saturated carbocycles. The average Bonchev–Trinajstić information content (AvgIpc) is 3.17. The predicted octanol–water partition coefficient (Wildman–Crippen LogP) is 3.11. The van der Waals surface area contributed by atoms with Gasteiger partial charge in [-0.1, -0.05) is 26.0 Å². The van der Waals surface area contributed by atoms with Crippen molar-refractivity contribution in [3.05, 3.63) is 58.5 Å². The molecule has 0 N–H and O–H groups in total. The van der Waals surface area contributed by atoms with Gasteiger partial charge in [0.1, 0.15) is 29.2 Å². The molecule has 0 unspecified atom stereocenters. The number of ether oxygens (including phenoxy) is 2. The van der Waals surface area contributed by atoms with Crippen molar-refractivity contribution in [2.45, 2.75) is 53.2 Å². The molecule has 188 valence electrons. The zero-order chi connectivity index (χ0) is 26.0. The molecule has 1 aromatic carbocycles. The van der Waals surface area contributed by atoms with Crippen LogP contribution in [0, 0.1) is 5.92 Å². The Kier molecular flexibility index (Phi) is 6.82. The van der Waals surface area contributed by atoms with E-state index in [1.54, 1.807) is 45.0 Å². The monoisotopic (exact) mass is 492 g/mol. The smallest absolute Gasteiger partial charge is 0.420 e. The van der Waals surface area contributed by atoms with Crippen LogP contribution in [0.4, 0.5) is 4.79 Å². The van der Waals surface area contributed by atoms with Gasteiger partial charge in [0, 0.05) is 12.4 Å². The first-order valence-corrected chi connectivity index (χ1v) is 11.6. The summed E-state index contributed by atoms with van der Waals surface area (Å²) in [4.78, 5) is 51.7. The maximum atomic E-state index is 13.2. The average molecular weight is 493 g/mol.